The van der Waals surface area contributed by atoms with E-state index in [1.165, 1.54) is 6.08 Å². The first kappa shape index (κ1) is 4.97. The number of allylic oxidation sites excluding steroid dienone is 1. The van der Waals surface area contributed by atoms with E-state index in [1.807, 2.05) is 0 Å². The van der Waals surface area contributed by atoms with Crippen molar-refractivity contribution in [3.05, 3.63) is 12.7 Å². The maximum atomic E-state index is 9.34. The van der Waals surface area contributed by atoms with Crippen LogP contribution in [-0.2, 0) is 4.79 Å². The Morgan fingerprint density at radius 1 is 1.50 bits per heavy atom. The molecule has 0 aromatic carbocycles. The summed E-state index contributed by atoms with van der Waals surface area (Å²) in [7, 11) is 0. The van der Waals surface area contributed by atoms with Gasteiger partial charge in [0, 0.05) is 0 Å². The molecule has 0 aliphatic rings. The van der Waals surface area contributed by atoms with Crippen molar-refractivity contribution in [2.24, 2.45) is 0 Å². The number of carbonyl (C=O) groups is 1. The standard InChI is InChI=1S/C5H4O/c1-2-3-4-5-6/h2,5H,1H2. The molecule has 0 heterocycles. The molecule has 0 spiro atoms. The van der Waals surface area contributed by atoms with E-state index in [9.17, 15) is 4.79 Å². The summed E-state index contributed by atoms with van der Waals surface area (Å²) in [5, 5.41) is 0. The molecule has 0 aliphatic heterocycles. The summed E-state index contributed by atoms with van der Waals surface area (Å²) in [6.07, 6.45) is 1.90. The average molecular weight is 80.1 g/mol. The molecule has 0 aromatic rings. The number of hydrogen-bond donors (Lipinski definition) is 0. The zero-order chi connectivity index (χ0) is 4.83. The molecule has 1 nitrogen and oxygen atoms in total. The maximum absolute atomic E-state index is 9.34. The Hall–Kier alpha value is -1.03. The molecular weight excluding hydrogens is 76.1 g/mol. The lowest BCUT2D eigenvalue weighted by atomic mass is 10.6. The zero-order valence-electron chi connectivity index (χ0n) is 3.27. The van der Waals surface area contributed by atoms with E-state index in [1.54, 1.807) is 0 Å². The Morgan fingerprint density at radius 2 is 2.17 bits per heavy atom. The van der Waals surface area contributed by atoms with Crippen LogP contribution in [0.4, 0.5) is 0 Å². The molecule has 0 N–H and O–H groups in total. The van der Waals surface area contributed by atoms with Gasteiger partial charge in [-0.15, -0.1) is 0 Å². The van der Waals surface area contributed by atoms with Gasteiger partial charge < -0.3 is 0 Å². The molecule has 0 unspecified atom stereocenters. The summed E-state index contributed by atoms with van der Waals surface area (Å²) in [4.78, 5) is 9.34. The first-order chi connectivity index (χ1) is 2.91. The van der Waals surface area contributed by atoms with Crippen LogP contribution in [0.3, 0.4) is 0 Å². The number of carbonyl (C=O) groups excluding carboxylic acids is 1. The molecule has 0 amide bonds. The van der Waals surface area contributed by atoms with E-state index < -0.39 is 0 Å². The normalized spacial score (nSPS) is 4.67. The van der Waals surface area contributed by atoms with Crippen molar-refractivity contribution in [3.8, 4) is 11.8 Å². The third-order valence-corrected chi connectivity index (χ3v) is 0.244. The van der Waals surface area contributed by atoms with Gasteiger partial charge in [0.1, 0.15) is 0 Å². The second-order valence-corrected chi connectivity index (χ2v) is 0.611. The fourth-order valence-electron chi connectivity index (χ4n) is 0.0929. The van der Waals surface area contributed by atoms with Gasteiger partial charge in [0.05, 0.1) is 0 Å². The third kappa shape index (κ3) is 2.97. The summed E-state index contributed by atoms with van der Waals surface area (Å²) in [5.41, 5.74) is 0. The van der Waals surface area contributed by atoms with Crippen LogP contribution in [0.2, 0.25) is 0 Å². The first-order valence-corrected chi connectivity index (χ1v) is 1.47. The maximum Gasteiger partial charge on any atom is 0.193 e. The van der Waals surface area contributed by atoms with Crippen LogP contribution in [0.1, 0.15) is 0 Å². The molecular formula is C5H4O. The minimum absolute atomic E-state index is 0.529. The van der Waals surface area contributed by atoms with Crippen LogP contribution in [-0.4, -0.2) is 6.29 Å². The van der Waals surface area contributed by atoms with Crippen LogP contribution < -0.4 is 0 Å². The van der Waals surface area contributed by atoms with Gasteiger partial charge in [-0.2, -0.15) is 0 Å². The molecule has 1 heteroatoms. The highest BCUT2D eigenvalue weighted by atomic mass is 16.1. The minimum Gasteiger partial charge on any atom is -0.289 e. The van der Waals surface area contributed by atoms with Crippen LogP contribution >= 0.6 is 0 Å². The SMILES string of the molecule is C=CC#CC=O. The van der Waals surface area contributed by atoms with Crippen molar-refractivity contribution in [1.82, 2.24) is 0 Å². The zero-order valence-corrected chi connectivity index (χ0v) is 3.27. The quantitative estimate of drug-likeness (QED) is 0.303. The fraction of sp³-hybridized carbons (Fsp3) is 0. The highest BCUT2D eigenvalue weighted by Gasteiger charge is 1.47. The largest absolute Gasteiger partial charge is 0.289 e. The summed E-state index contributed by atoms with van der Waals surface area (Å²) in [6.45, 7) is 3.27. The number of aldehydes is 1. The minimum atomic E-state index is 0.529. The fourth-order valence-corrected chi connectivity index (χ4v) is 0.0929. The van der Waals surface area contributed by atoms with Crippen molar-refractivity contribution in [2.45, 2.75) is 0 Å². The average Bonchev–Trinajstić information content (AvgIpc) is 1.61. The molecule has 0 aliphatic carbocycles. The van der Waals surface area contributed by atoms with Crippen molar-refractivity contribution in [2.75, 3.05) is 0 Å². The van der Waals surface area contributed by atoms with Gasteiger partial charge >= 0.3 is 0 Å². The predicted molar refractivity (Wildman–Crippen MR) is 24.0 cm³/mol. The molecule has 0 atom stereocenters. The summed E-state index contributed by atoms with van der Waals surface area (Å²) >= 11 is 0. The molecule has 0 radical (unpaired) electrons. The van der Waals surface area contributed by atoms with Crippen LogP contribution in [0.25, 0.3) is 0 Å². The number of rotatable bonds is 0. The van der Waals surface area contributed by atoms with Crippen molar-refractivity contribution in [1.29, 1.82) is 0 Å². The number of hydrogen-bond acceptors (Lipinski definition) is 1. The Labute approximate surface area is 36.7 Å². The summed E-state index contributed by atoms with van der Waals surface area (Å²) in [6, 6.07) is 0. The van der Waals surface area contributed by atoms with Crippen molar-refractivity contribution >= 4 is 6.29 Å². The Bertz CT molecular complexity index is 90.8. The second-order valence-electron chi connectivity index (χ2n) is 0.611. The predicted octanol–water partition coefficient (Wildman–Crippen LogP) is 0.375. The van der Waals surface area contributed by atoms with E-state index in [0.717, 1.165) is 0 Å². The van der Waals surface area contributed by atoms with Crippen molar-refractivity contribution in [3.63, 3.8) is 0 Å². The van der Waals surface area contributed by atoms with Crippen LogP contribution in [0, 0.1) is 11.8 Å². The molecule has 0 fully saturated rings. The highest BCUT2D eigenvalue weighted by molar-refractivity contribution is 5.73. The summed E-state index contributed by atoms with van der Waals surface area (Å²) in [5.74, 6) is 4.49. The molecule has 0 aromatic heterocycles. The van der Waals surface area contributed by atoms with E-state index in [0.29, 0.717) is 6.29 Å². The lowest BCUT2D eigenvalue weighted by molar-refractivity contribution is -0.103. The van der Waals surface area contributed by atoms with E-state index in [2.05, 4.69) is 18.4 Å². The third-order valence-electron chi connectivity index (χ3n) is 0.244. The monoisotopic (exact) mass is 80.0 g/mol. The topological polar surface area (TPSA) is 17.1 Å². The molecule has 0 saturated heterocycles. The van der Waals surface area contributed by atoms with Crippen molar-refractivity contribution < 1.29 is 4.79 Å². The Morgan fingerprint density at radius 3 is 2.33 bits per heavy atom. The van der Waals surface area contributed by atoms with Gasteiger partial charge in [0.25, 0.3) is 0 Å². The van der Waals surface area contributed by atoms with Gasteiger partial charge in [0.15, 0.2) is 6.29 Å². The smallest absolute Gasteiger partial charge is 0.193 e. The molecule has 6 heavy (non-hydrogen) atoms. The Kier molecular flexibility index (Phi) is 3.29. The first-order valence-electron chi connectivity index (χ1n) is 1.47. The summed E-state index contributed by atoms with van der Waals surface area (Å²) < 4.78 is 0. The lowest BCUT2D eigenvalue weighted by Gasteiger charge is -1.48. The van der Waals surface area contributed by atoms with Gasteiger partial charge in [-0.05, 0) is 12.0 Å². The molecule has 0 rings (SSSR count). The van der Waals surface area contributed by atoms with E-state index in [-0.39, 0.29) is 0 Å². The highest BCUT2D eigenvalue weighted by Crippen LogP contribution is 1.48. The van der Waals surface area contributed by atoms with Gasteiger partial charge in [-0.1, -0.05) is 12.5 Å². The van der Waals surface area contributed by atoms with Gasteiger partial charge in [-0.3, -0.25) is 4.79 Å². The Balaban J connectivity index is 3.39. The van der Waals surface area contributed by atoms with E-state index >= 15 is 0 Å². The molecule has 30 valence electrons. The molecule has 0 bridgehead atoms. The second kappa shape index (κ2) is 3.97. The lowest BCUT2D eigenvalue weighted by Crippen LogP contribution is -1.53. The van der Waals surface area contributed by atoms with E-state index in [4.69, 9.17) is 0 Å². The van der Waals surface area contributed by atoms with Crippen LogP contribution in [0.5, 0.6) is 0 Å². The molecule has 0 saturated carbocycles. The van der Waals surface area contributed by atoms with Gasteiger partial charge in [0.2, 0.25) is 0 Å². The van der Waals surface area contributed by atoms with Gasteiger partial charge in [-0.25, -0.2) is 0 Å². The van der Waals surface area contributed by atoms with Crippen LogP contribution in [0.15, 0.2) is 12.7 Å².